The van der Waals surface area contributed by atoms with Crippen LogP contribution in [0.15, 0.2) is 35.5 Å². The summed E-state index contributed by atoms with van der Waals surface area (Å²) in [7, 11) is 0. The SMILES string of the molecule is CCCNC(=O)C1CCN(C(=O)C2=NO[C@@H](c3ccccc3)C2)CC1. The molecule has 1 aromatic rings. The van der Waals surface area contributed by atoms with Crippen LogP contribution < -0.4 is 5.32 Å². The molecule has 6 nitrogen and oxygen atoms in total. The van der Waals surface area contributed by atoms with E-state index in [2.05, 4.69) is 10.5 Å². The minimum absolute atomic E-state index is 0.00874. The summed E-state index contributed by atoms with van der Waals surface area (Å²) >= 11 is 0. The van der Waals surface area contributed by atoms with Crippen LogP contribution in [-0.4, -0.2) is 42.1 Å². The first kappa shape index (κ1) is 17.5. The fraction of sp³-hybridized carbons (Fsp3) is 0.526. The maximum Gasteiger partial charge on any atom is 0.271 e. The van der Waals surface area contributed by atoms with Crippen molar-refractivity contribution in [1.29, 1.82) is 0 Å². The van der Waals surface area contributed by atoms with Crippen LogP contribution in [0.1, 0.15) is 44.3 Å². The minimum Gasteiger partial charge on any atom is -0.387 e. The van der Waals surface area contributed by atoms with Crippen molar-refractivity contribution >= 4 is 17.5 Å². The topological polar surface area (TPSA) is 71.0 Å². The van der Waals surface area contributed by atoms with Gasteiger partial charge in [0, 0.05) is 32.0 Å². The summed E-state index contributed by atoms with van der Waals surface area (Å²) in [5.41, 5.74) is 1.50. The number of rotatable bonds is 5. The monoisotopic (exact) mass is 343 g/mol. The van der Waals surface area contributed by atoms with Crippen molar-refractivity contribution < 1.29 is 14.4 Å². The molecular weight excluding hydrogens is 318 g/mol. The third-order valence-electron chi connectivity index (χ3n) is 4.79. The van der Waals surface area contributed by atoms with Gasteiger partial charge in [0.2, 0.25) is 5.91 Å². The number of likely N-dealkylation sites (tertiary alicyclic amines) is 1. The highest BCUT2D eigenvalue weighted by Gasteiger charge is 2.33. The third kappa shape index (κ3) is 4.18. The van der Waals surface area contributed by atoms with Gasteiger partial charge in [-0.25, -0.2) is 0 Å². The quantitative estimate of drug-likeness (QED) is 0.891. The van der Waals surface area contributed by atoms with Crippen molar-refractivity contribution in [2.75, 3.05) is 19.6 Å². The van der Waals surface area contributed by atoms with Crippen molar-refractivity contribution in [2.24, 2.45) is 11.1 Å². The van der Waals surface area contributed by atoms with E-state index in [1.54, 1.807) is 4.90 Å². The van der Waals surface area contributed by atoms with Crippen molar-refractivity contribution in [3.63, 3.8) is 0 Å². The number of amides is 2. The van der Waals surface area contributed by atoms with Gasteiger partial charge in [-0.3, -0.25) is 9.59 Å². The maximum absolute atomic E-state index is 12.6. The van der Waals surface area contributed by atoms with E-state index >= 15 is 0 Å². The Balaban J connectivity index is 1.49. The molecular formula is C19H25N3O3. The molecule has 2 heterocycles. The second-order valence-electron chi connectivity index (χ2n) is 6.60. The number of hydrogen-bond acceptors (Lipinski definition) is 4. The summed E-state index contributed by atoms with van der Waals surface area (Å²) in [4.78, 5) is 31.9. The van der Waals surface area contributed by atoms with E-state index in [0.717, 1.165) is 12.0 Å². The van der Waals surface area contributed by atoms with Crippen molar-refractivity contribution in [3.05, 3.63) is 35.9 Å². The lowest BCUT2D eigenvalue weighted by atomic mass is 9.95. The highest BCUT2D eigenvalue weighted by Crippen LogP contribution is 2.28. The molecule has 3 rings (SSSR count). The van der Waals surface area contributed by atoms with E-state index in [0.29, 0.717) is 44.6 Å². The normalized spacial score (nSPS) is 20.8. The molecule has 0 radical (unpaired) electrons. The molecule has 1 atom stereocenters. The second-order valence-corrected chi connectivity index (χ2v) is 6.60. The van der Waals surface area contributed by atoms with E-state index in [4.69, 9.17) is 4.84 Å². The Morgan fingerprint density at radius 2 is 1.96 bits per heavy atom. The second kappa shape index (κ2) is 8.14. The van der Waals surface area contributed by atoms with E-state index < -0.39 is 0 Å². The first-order chi connectivity index (χ1) is 12.2. The number of benzene rings is 1. The van der Waals surface area contributed by atoms with Crippen molar-refractivity contribution in [1.82, 2.24) is 10.2 Å². The molecule has 25 heavy (non-hydrogen) atoms. The van der Waals surface area contributed by atoms with Gasteiger partial charge in [-0.05, 0) is 24.8 Å². The molecule has 0 unspecified atom stereocenters. The molecule has 1 N–H and O–H groups in total. The predicted molar refractivity (Wildman–Crippen MR) is 94.9 cm³/mol. The van der Waals surface area contributed by atoms with Crippen molar-refractivity contribution in [3.8, 4) is 0 Å². The first-order valence-electron chi connectivity index (χ1n) is 9.03. The van der Waals surface area contributed by atoms with Gasteiger partial charge >= 0.3 is 0 Å². The van der Waals surface area contributed by atoms with Gasteiger partial charge in [-0.15, -0.1) is 0 Å². The molecule has 1 aromatic carbocycles. The Labute approximate surface area is 148 Å². The third-order valence-corrected chi connectivity index (χ3v) is 4.79. The average Bonchev–Trinajstić information content (AvgIpc) is 3.16. The Morgan fingerprint density at radius 3 is 2.64 bits per heavy atom. The Morgan fingerprint density at radius 1 is 1.24 bits per heavy atom. The van der Waals surface area contributed by atoms with E-state index in [1.165, 1.54) is 0 Å². The fourth-order valence-electron chi connectivity index (χ4n) is 3.27. The molecule has 6 heteroatoms. The smallest absolute Gasteiger partial charge is 0.271 e. The predicted octanol–water partition coefficient (Wildman–Crippen LogP) is 2.27. The number of nitrogens with one attached hydrogen (secondary N) is 1. The molecule has 0 aromatic heterocycles. The molecule has 0 bridgehead atoms. The maximum atomic E-state index is 12.6. The van der Waals surface area contributed by atoms with Crippen LogP contribution in [0.3, 0.4) is 0 Å². The molecule has 0 saturated carbocycles. The summed E-state index contributed by atoms with van der Waals surface area (Å²) < 4.78 is 0. The number of piperidine rings is 1. The number of carbonyl (C=O) groups is 2. The van der Waals surface area contributed by atoms with Gasteiger partial charge in [0.05, 0.1) is 0 Å². The van der Waals surface area contributed by atoms with Crippen LogP contribution in [0.25, 0.3) is 0 Å². The minimum atomic E-state index is -0.183. The standard InChI is InChI=1S/C19H25N3O3/c1-2-10-20-18(23)15-8-11-22(12-9-15)19(24)16-13-17(25-21-16)14-6-4-3-5-7-14/h3-7,15,17H,2,8-13H2,1H3,(H,20,23)/t17-/m1/s1. The van der Waals surface area contributed by atoms with Crippen molar-refractivity contribution in [2.45, 2.75) is 38.7 Å². The summed E-state index contributed by atoms with van der Waals surface area (Å²) in [6.45, 7) is 3.94. The number of nitrogens with zero attached hydrogens (tertiary/aromatic N) is 2. The van der Waals surface area contributed by atoms with Crippen LogP contribution >= 0.6 is 0 Å². The van der Waals surface area contributed by atoms with Gasteiger partial charge < -0.3 is 15.1 Å². The fourth-order valence-corrected chi connectivity index (χ4v) is 3.27. The number of carbonyl (C=O) groups excluding carboxylic acids is 2. The zero-order chi connectivity index (χ0) is 17.6. The zero-order valence-corrected chi connectivity index (χ0v) is 14.6. The first-order valence-corrected chi connectivity index (χ1v) is 9.03. The molecule has 0 aliphatic carbocycles. The summed E-state index contributed by atoms with van der Waals surface area (Å²) in [6.07, 6.45) is 2.66. The summed E-state index contributed by atoms with van der Waals surface area (Å²) in [5.74, 6) is 0.0555. The molecule has 1 fully saturated rings. The van der Waals surface area contributed by atoms with Gasteiger partial charge in [0.15, 0.2) is 6.10 Å². The molecule has 0 spiro atoms. The highest BCUT2D eigenvalue weighted by molar-refractivity contribution is 6.39. The van der Waals surface area contributed by atoms with Gasteiger partial charge in [0.1, 0.15) is 5.71 Å². The molecule has 2 aliphatic rings. The number of oxime groups is 1. The van der Waals surface area contributed by atoms with Gasteiger partial charge in [0.25, 0.3) is 5.91 Å². The average molecular weight is 343 g/mol. The van der Waals surface area contributed by atoms with Crippen LogP contribution in [0, 0.1) is 5.92 Å². The van der Waals surface area contributed by atoms with Gasteiger partial charge in [-0.2, -0.15) is 0 Å². The summed E-state index contributed by atoms with van der Waals surface area (Å²) in [6, 6.07) is 9.81. The molecule has 134 valence electrons. The van der Waals surface area contributed by atoms with E-state index in [9.17, 15) is 9.59 Å². The molecule has 1 saturated heterocycles. The van der Waals surface area contributed by atoms with Crippen LogP contribution in [0.2, 0.25) is 0 Å². The Bertz CT molecular complexity index is 637. The molecule has 2 aliphatic heterocycles. The Kier molecular flexibility index (Phi) is 5.68. The molecule has 2 amide bonds. The van der Waals surface area contributed by atoms with Crippen LogP contribution in [0.4, 0.5) is 0 Å². The van der Waals surface area contributed by atoms with E-state index in [-0.39, 0.29) is 23.8 Å². The van der Waals surface area contributed by atoms with Crippen LogP contribution in [-0.2, 0) is 14.4 Å². The lowest BCUT2D eigenvalue weighted by Gasteiger charge is -2.31. The van der Waals surface area contributed by atoms with E-state index in [1.807, 2.05) is 37.3 Å². The zero-order valence-electron chi connectivity index (χ0n) is 14.6. The lowest BCUT2D eigenvalue weighted by Crippen LogP contribution is -2.45. The van der Waals surface area contributed by atoms with Gasteiger partial charge in [-0.1, -0.05) is 42.4 Å². The lowest BCUT2D eigenvalue weighted by molar-refractivity contribution is -0.131. The largest absolute Gasteiger partial charge is 0.387 e. The highest BCUT2D eigenvalue weighted by atomic mass is 16.6. The summed E-state index contributed by atoms with van der Waals surface area (Å²) in [5, 5.41) is 6.95. The Hall–Kier alpha value is -2.37. The number of hydrogen-bond donors (Lipinski definition) is 1. The van der Waals surface area contributed by atoms with Crippen LogP contribution in [0.5, 0.6) is 0 Å².